The lowest BCUT2D eigenvalue weighted by Gasteiger charge is -2.02. The first-order chi connectivity index (χ1) is 14.2. The van der Waals surface area contributed by atoms with E-state index in [0.29, 0.717) is 11.4 Å². The molecule has 2 aromatic carbocycles. The second-order valence-corrected chi connectivity index (χ2v) is 6.47. The molecule has 152 valence electrons. The molecule has 0 amide bonds. The molecule has 0 unspecified atom stereocenters. The molecule has 0 radical (unpaired) electrons. The molecule has 3 rings (SSSR count). The Labute approximate surface area is 169 Å². The topological polar surface area (TPSA) is 154 Å². The van der Waals surface area contributed by atoms with Crippen LogP contribution in [0.3, 0.4) is 0 Å². The van der Waals surface area contributed by atoms with E-state index in [4.69, 9.17) is 0 Å². The highest BCUT2D eigenvalue weighted by Crippen LogP contribution is 2.27. The second kappa shape index (κ2) is 8.35. The van der Waals surface area contributed by atoms with Crippen LogP contribution in [-0.2, 0) is 0 Å². The summed E-state index contributed by atoms with van der Waals surface area (Å²) in [6.45, 7) is 3.96. The minimum Gasteiger partial charge on any atom is -0.507 e. The van der Waals surface area contributed by atoms with Gasteiger partial charge in [0.25, 0.3) is 0 Å². The monoisotopic (exact) mass is 407 g/mol. The number of phenolic OH excluding ortho intramolecular Hbond substituents is 1. The lowest BCUT2D eigenvalue weighted by atomic mass is 10.1. The van der Waals surface area contributed by atoms with Gasteiger partial charge < -0.3 is 10.1 Å². The van der Waals surface area contributed by atoms with Crippen LogP contribution in [-0.4, -0.2) is 20.0 Å². The Kier molecular flexibility index (Phi) is 5.68. The highest BCUT2D eigenvalue weighted by molar-refractivity contribution is 5.75. The zero-order chi connectivity index (χ0) is 21.8. The number of nitrogens with zero attached hydrogens (tertiary/aromatic N) is 3. The number of benzene rings is 2. The van der Waals surface area contributed by atoms with Crippen molar-refractivity contribution in [2.45, 2.75) is 13.8 Å². The molecule has 0 bridgehead atoms. The summed E-state index contributed by atoms with van der Waals surface area (Å²) in [5.74, 6) is -0.119. The highest BCUT2D eigenvalue weighted by Gasteiger charge is 2.18. The smallest absolute Gasteiger partial charge is 0.357 e. The maximum Gasteiger partial charge on any atom is 0.357 e. The Morgan fingerprint density at radius 1 is 0.967 bits per heavy atom. The van der Waals surface area contributed by atoms with Gasteiger partial charge >= 0.3 is 16.9 Å². The molecular weight excluding hydrogens is 390 g/mol. The van der Waals surface area contributed by atoms with E-state index in [2.05, 4.69) is 15.2 Å². The van der Waals surface area contributed by atoms with Gasteiger partial charge in [0.05, 0.1) is 16.3 Å². The highest BCUT2D eigenvalue weighted by atomic mass is 16.6. The fraction of sp³-hybridized carbons (Fsp3) is 0.100. The van der Waals surface area contributed by atoms with Crippen LogP contribution < -0.4 is 11.2 Å². The fourth-order valence-electron chi connectivity index (χ4n) is 2.61. The Balaban J connectivity index is 1.94. The van der Waals surface area contributed by atoms with Crippen molar-refractivity contribution in [1.29, 1.82) is 0 Å². The van der Waals surface area contributed by atoms with Crippen molar-refractivity contribution in [3.63, 3.8) is 0 Å². The van der Waals surface area contributed by atoms with Gasteiger partial charge in [-0.2, -0.15) is 10.2 Å². The predicted molar refractivity (Wildman–Crippen MR) is 111 cm³/mol. The van der Waals surface area contributed by atoms with Gasteiger partial charge in [-0.15, -0.1) is 0 Å². The molecule has 30 heavy (non-hydrogen) atoms. The van der Waals surface area contributed by atoms with Gasteiger partial charge in [-0.25, -0.2) is 4.79 Å². The molecule has 1 aromatic heterocycles. The van der Waals surface area contributed by atoms with Crippen LogP contribution in [0.5, 0.6) is 5.75 Å². The molecule has 0 saturated heterocycles. The van der Waals surface area contributed by atoms with Gasteiger partial charge in [0, 0.05) is 5.56 Å². The van der Waals surface area contributed by atoms with E-state index < -0.39 is 21.9 Å². The van der Waals surface area contributed by atoms with Crippen molar-refractivity contribution in [3.05, 3.63) is 89.7 Å². The predicted octanol–water partition coefficient (Wildman–Crippen LogP) is 3.88. The van der Waals surface area contributed by atoms with Crippen LogP contribution in [0.2, 0.25) is 0 Å². The lowest BCUT2D eigenvalue weighted by molar-refractivity contribution is -0.386. The number of nitro groups is 1. The number of H-pyrrole nitrogens is 2. The molecule has 3 N–H and O–H groups in total. The van der Waals surface area contributed by atoms with Gasteiger partial charge in [0.1, 0.15) is 11.4 Å². The summed E-state index contributed by atoms with van der Waals surface area (Å²) >= 11 is 0. The molecular formula is C20H17N5O5. The molecule has 0 atom stereocenters. The normalized spacial score (nSPS) is 11.4. The number of aromatic amines is 2. The van der Waals surface area contributed by atoms with Crippen LogP contribution in [0.1, 0.15) is 22.4 Å². The Morgan fingerprint density at radius 2 is 1.63 bits per heavy atom. The van der Waals surface area contributed by atoms with E-state index >= 15 is 0 Å². The standard InChI is InChI=1S/C20H17N5O5/c1-11-3-5-14(9-12(11)2)23-24-15-6-8-17(26)13(10-15)4-7-16-18(25(29)30)19(27)22-20(28)21-16/h3-10,26H,1-2H3,(H2,21,22,27,28)/b7-4+,24-23?. The average Bonchev–Trinajstić information content (AvgIpc) is 2.68. The summed E-state index contributed by atoms with van der Waals surface area (Å²) < 4.78 is 0. The molecule has 3 aromatic rings. The van der Waals surface area contributed by atoms with Crippen molar-refractivity contribution in [2.75, 3.05) is 0 Å². The second-order valence-electron chi connectivity index (χ2n) is 6.47. The van der Waals surface area contributed by atoms with Gasteiger partial charge in [-0.05, 0) is 67.5 Å². The summed E-state index contributed by atoms with van der Waals surface area (Å²) in [5.41, 5.74) is 0.467. The molecule has 10 heteroatoms. The van der Waals surface area contributed by atoms with Crippen LogP contribution in [0.25, 0.3) is 12.2 Å². The fourth-order valence-corrected chi connectivity index (χ4v) is 2.61. The Morgan fingerprint density at radius 3 is 2.30 bits per heavy atom. The average molecular weight is 407 g/mol. The van der Waals surface area contributed by atoms with Gasteiger partial charge in [-0.3, -0.25) is 19.9 Å². The third-order valence-electron chi connectivity index (χ3n) is 4.34. The third-order valence-corrected chi connectivity index (χ3v) is 4.34. The number of azo groups is 1. The first-order valence-corrected chi connectivity index (χ1v) is 8.75. The van der Waals surface area contributed by atoms with Crippen LogP contribution in [0.15, 0.2) is 56.2 Å². The summed E-state index contributed by atoms with van der Waals surface area (Å²) in [6.07, 6.45) is 2.48. The summed E-state index contributed by atoms with van der Waals surface area (Å²) in [6, 6.07) is 10.1. The summed E-state index contributed by atoms with van der Waals surface area (Å²) in [4.78, 5) is 37.3. The van der Waals surface area contributed by atoms with Crippen molar-refractivity contribution in [3.8, 4) is 5.75 Å². The van der Waals surface area contributed by atoms with Crippen LogP contribution in [0, 0.1) is 24.0 Å². The molecule has 0 saturated carbocycles. The van der Waals surface area contributed by atoms with Gasteiger partial charge in [0.15, 0.2) is 0 Å². The summed E-state index contributed by atoms with van der Waals surface area (Å²) in [5, 5.41) is 29.5. The number of hydrogen-bond acceptors (Lipinski definition) is 7. The van der Waals surface area contributed by atoms with Crippen molar-refractivity contribution in [1.82, 2.24) is 9.97 Å². The molecule has 0 aliphatic heterocycles. The van der Waals surface area contributed by atoms with E-state index in [9.17, 15) is 24.8 Å². The maximum absolute atomic E-state index is 11.7. The molecule has 0 aliphatic carbocycles. The quantitative estimate of drug-likeness (QED) is 0.333. The van der Waals surface area contributed by atoms with Crippen molar-refractivity contribution >= 4 is 29.2 Å². The minimum atomic E-state index is -1.12. The largest absolute Gasteiger partial charge is 0.507 e. The van der Waals surface area contributed by atoms with Crippen LogP contribution in [0.4, 0.5) is 17.1 Å². The number of phenols is 1. The summed E-state index contributed by atoms with van der Waals surface area (Å²) in [7, 11) is 0. The number of nitrogens with one attached hydrogen (secondary N) is 2. The van der Waals surface area contributed by atoms with Crippen molar-refractivity contribution < 1.29 is 10.0 Å². The zero-order valence-corrected chi connectivity index (χ0v) is 16.0. The molecule has 1 heterocycles. The Hall–Kier alpha value is -4.34. The van der Waals surface area contributed by atoms with Crippen LogP contribution >= 0.6 is 0 Å². The van der Waals surface area contributed by atoms with Crippen molar-refractivity contribution in [2.24, 2.45) is 10.2 Å². The van der Waals surface area contributed by atoms with Gasteiger partial charge in [0.2, 0.25) is 0 Å². The number of rotatable bonds is 5. The number of aryl methyl sites for hydroxylation is 2. The number of aromatic nitrogens is 2. The molecule has 0 aliphatic rings. The third kappa shape index (κ3) is 4.55. The van der Waals surface area contributed by atoms with E-state index in [1.165, 1.54) is 18.2 Å². The molecule has 0 spiro atoms. The minimum absolute atomic E-state index is 0.119. The van der Waals surface area contributed by atoms with E-state index in [0.717, 1.165) is 17.2 Å². The molecule has 10 nitrogen and oxygen atoms in total. The first kappa shape index (κ1) is 20.4. The maximum atomic E-state index is 11.7. The zero-order valence-electron chi connectivity index (χ0n) is 16.0. The van der Waals surface area contributed by atoms with E-state index in [1.54, 1.807) is 11.1 Å². The van der Waals surface area contributed by atoms with E-state index in [-0.39, 0.29) is 17.0 Å². The SMILES string of the molecule is Cc1ccc(N=Nc2ccc(O)c(/C=C/c3[nH]c(=O)[nH]c(=O)c3[N+](=O)[O-])c2)cc1C. The lowest BCUT2D eigenvalue weighted by Crippen LogP contribution is -2.25. The first-order valence-electron chi connectivity index (χ1n) is 8.75. The van der Waals surface area contributed by atoms with Gasteiger partial charge in [-0.1, -0.05) is 6.07 Å². The number of aromatic hydroxyl groups is 1. The van der Waals surface area contributed by atoms with E-state index in [1.807, 2.05) is 32.0 Å². The Bertz CT molecular complexity index is 1300. The molecule has 0 fully saturated rings. The number of hydrogen-bond donors (Lipinski definition) is 3.